The van der Waals surface area contributed by atoms with Crippen molar-refractivity contribution in [2.75, 3.05) is 0 Å². The summed E-state index contributed by atoms with van der Waals surface area (Å²) < 4.78 is 41.8. The van der Waals surface area contributed by atoms with Crippen molar-refractivity contribution in [3.8, 4) is 16.9 Å². The van der Waals surface area contributed by atoms with Crippen LogP contribution >= 0.6 is 0 Å². The maximum absolute atomic E-state index is 12.3. The van der Waals surface area contributed by atoms with Gasteiger partial charge in [0.25, 0.3) is 0 Å². The van der Waals surface area contributed by atoms with Gasteiger partial charge in [0, 0.05) is 5.56 Å². The van der Waals surface area contributed by atoms with E-state index in [1.54, 1.807) is 13.0 Å². The number of fused-ring (bicyclic) bond motifs is 1. The average Bonchev–Trinajstić information content (AvgIpc) is 2.88. The molecule has 0 unspecified atom stereocenters. The van der Waals surface area contributed by atoms with Crippen molar-refractivity contribution < 1.29 is 27.8 Å². The van der Waals surface area contributed by atoms with E-state index in [-0.39, 0.29) is 16.8 Å². The number of ether oxygens (including phenoxy) is 1. The number of hydrogen-bond donors (Lipinski definition) is 1. The predicted molar refractivity (Wildman–Crippen MR) is 76.8 cm³/mol. The number of aromatic nitrogens is 3. The van der Waals surface area contributed by atoms with Gasteiger partial charge in [0.2, 0.25) is 0 Å². The summed E-state index contributed by atoms with van der Waals surface area (Å²) in [5.74, 6) is -1.47. The zero-order valence-electron chi connectivity index (χ0n) is 12.2. The van der Waals surface area contributed by atoms with Crippen molar-refractivity contribution in [3.05, 3.63) is 47.8 Å². The molecule has 0 radical (unpaired) electrons. The Balaban J connectivity index is 2.04. The Morgan fingerprint density at radius 3 is 2.54 bits per heavy atom. The molecule has 0 aliphatic carbocycles. The third kappa shape index (κ3) is 3.00. The van der Waals surface area contributed by atoms with E-state index >= 15 is 0 Å². The Morgan fingerprint density at radius 2 is 1.92 bits per heavy atom. The summed E-state index contributed by atoms with van der Waals surface area (Å²) in [5, 5.41) is 17.0. The minimum Gasteiger partial charge on any atom is -0.478 e. The number of rotatable bonds is 3. The number of carboxylic acid groups (broad SMARTS) is 1. The molecule has 2 aromatic heterocycles. The highest BCUT2D eigenvalue weighted by atomic mass is 19.4. The molecule has 1 aromatic carbocycles. The second-order valence-electron chi connectivity index (χ2n) is 5.01. The molecule has 3 rings (SSSR count). The minimum absolute atomic E-state index is 0.0148. The van der Waals surface area contributed by atoms with Gasteiger partial charge in [0.05, 0.1) is 12.4 Å². The Hall–Kier alpha value is -3.10. The highest BCUT2D eigenvalue weighted by molar-refractivity contribution is 5.96. The molecule has 0 atom stereocenters. The lowest BCUT2D eigenvalue weighted by molar-refractivity contribution is -0.274. The Kier molecular flexibility index (Phi) is 3.63. The van der Waals surface area contributed by atoms with Gasteiger partial charge in [-0.3, -0.25) is 0 Å². The second-order valence-corrected chi connectivity index (χ2v) is 5.01. The third-order valence-corrected chi connectivity index (χ3v) is 3.36. The van der Waals surface area contributed by atoms with Gasteiger partial charge < -0.3 is 9.84 Å². The lowest BCUT2D eigenvalue weighted by Crippen LogP contribution is -2.17. The molecule has 0 saturated carbocycles. The number of aromatic carboxylic acids is 1. The number of hydrogen-bond acceptors (Lipinski definition) is 4. The van der Waals surface area contributed by atoms with E-state index in [0.717, 1.165) is 0 Å². The molecule has 1 N–H and O–H groups in total. The Morgan fingerprint density at radius 1 is 1.21 bits per heavy atom. The van der Waals surface area contributed by atoms with Crippen LogP contribution in [-0.2, 0) is 0 Å². The zero-order valence-corrected chi connectivity index (χ0v) is 12.2. The first kappa shape index (κ1) is 15.8. The van der Waals surface area contributed by atoms with Gasteiger partial charge in [-0.15, -0.1) is 13.2 Å². The predicted octanol–water partition coefficient (Wildman–Crippen LogP) is 3.30. The Bertz CT molecular complexity index is 935. The topological polar surface area (TPSA) is 76.7 Å². The number of alkyl halides is 3. The normalized spacial score (nSPS) is 11.7. The first-order chi connectivity index (χ1) is 11.2. The fraction of sp³-hybridized carbons (Fsp3) is 0.133. The van der Waals surface area contributed by atoms with Crippen LogP contribution in [0.2, 0.25) is 0 Å². The molecular formula is C15H10F3N3O3. The summed E-state index contributed by atoms with van der Waals surface area (Å²) in [6, 6.07) is 5.47. The van der Waals surface area contributed by atoms with E-state index in [4.69, 9.17) is 5.11 Å². The van der Waals surface area contributed by atoms with E-state index < -0.39 is 12.3 Å². The summed E-state index contributed by atoms with van der Waals surface area (Å²) in [6.07, 6.45) is -2.12. The lowest BCUT2D eigenvalue weighted by Gasteiger charge is -2.12. The largest absolute Gasteiger partial charge is 0.573 e. The van der Waals surface area contributed by atoms with Crippen molar-refractivity contribution in [1.82, 2.24) is 14.8 Å². The smallest absolute Gasteiger partial charge is 0.478 e. The van der Waals surface area contributed by atoms with Gasteiger partial charge in [-0.25, -0.2) is 4.79 Å². The first-order valence-corrected chi connectivity index (χ1v) is 6.69. The molecule has 24 heavy (non-hydrogen) atoms. The van der Waals surface area contributed by atoms with Gasteiger partial charge in [-0.2, -0.15) is 14.8 Å². The van der Waals surface area contributed by atoms with Gasteiger partial charge in [-0.05, 0) is 36.2 Å². The van der Waals surface area contributed by atoms with Gasteiger partial charge >= 0.3 is 12.3 Å². The van der Waals surface area contributed by atoms with Crippen LogP contribution in [0.3, 0.4) is 0 Å². The monoisotopic (exact) mass is 337 g/mol. The summed E-state index contributed by atoms with van der Waals surface area (Å²) in [4.78, 5) is 11.2. The van der Waals surface area contributed by atoms with Crippen LogP contribution in [0.4, 0.5) is 13.2 Å². The third-order valence-electron chi connectivity index (χ3n) is 3.36. The molecule has 0 spiro atoms. The number of nitrogens with zero attached hydrogens (tertiary/aromatic N) is 3. The number of benzene rings is 1. The molecule has 0 bridgehead atoms. The fourth-order valence-electron chi connectivity index (χ4n) is 2.35. The molecule has 3 aromatic rings. The van der Waals surface area contributed by atoms with Crippen molar-refractivity contribution in [3.63, 3.8) is 0 Å². The quantitative estimate of drug-likeness (QED) is 0.793. The summed E-state index contributed by atoms with van der Waals surface area (Å²) >= 11 is 0. The first-order valence-electron chi connectivity index (χ1n) is 6.69. The van der Waals surface area contributed by atoms with Gasteiger partial charge in [-0.1, -0.05) is 6.07 Å². The number of carboxylic acids is 1. The van der Waals surface area contributed by atoms with E-state index in [1.807, 2.05) is 0 Å². The van der Waals surface area contributed by atoms with Crippen LogP contribution in [0.5, 0.6) is 5.75 Å². The molecule has 0 fully saturated rings. The van der Waals surface area contributed by atoms with Gasteiger partial charge in [0.15, 0.2) is 0 Å². The SMILES string of the molecule is Cc1cc(OC(F)(F)F)ccc1-c1cnn2ncc(C(=O)O)c2c1. The highest BCUT2D eigenvalue weighted by Gasteiger charge is 2.31. The van der Waals surface area contributed by atoms with E-state index in [2.05, 4.69) is 14.9 Å². The lowest BCUT2D eigenvalue weighted by atomic mass is 10.0. The van der Waals surface area contributed by atoms with Crippen LogP contribution in [0.15, 0.2) is 36.7 Å². The van der Waals surface area contributed by atoms with Crippen molar-refractivity contribution in [2.45, 2.75) is 13.3 Å². The second kappa shape index (κ2) is 5.52. The molecule has 0 saturated heterocycles. The molecule has 6 nitrogen and oxygen atoms in total. The van der Waals surface area contributed by atoms with E-state index in [1.165, 1.54) is 35.2 Å². The molecular weight excluding hydrogens is 327 g/mol. The van der Waals surface area contributed by atoms with Crippen molar-refractivity contribution in [1.29, 1.82) is 0 Å². The Labute approximate surface area is 133 Å². The van der Waals surface area contributed by atoms with Crippen LogP contribution in [0.25, 0.3) is 16.6 Å². The summed E-state index contributed by atoms with van der Waals surface area (Å²) in [7, 11) is 0. The van der Waals surface area contributed by atoms with Gasteiger partial charge in [0.1, 0.15) is 16.8 Å². The molecule has 124 valence electrons. The summed E-state index contributed by atoms with van der Waals surface area (Å²) in [5.41, 5.74) is 1.96. The van der Waals surface area contributed by atoms with Crippen LogP contribution in [0.1, 0.15) is 15.9 Å². The number of halogens is 3. The molecule has 9 heteroatoms. The number of aryl methyl sites for hydroxylation is 1. The standard InChI is InChI=1S/C15H10F3N3O3/c1-8-4-10(24-15(16,17)18)2-3-11(8)9-5-13-12(14(22)23)7-20-21(13)19-6-9/h2-7H,1H3,(H,22,23). The maximum atomic E-state index is 12.3. The molecule has 2 heterocycles. The molecule has 0 aliphatic rings. The van der Waals surface area contributed by atoms with Crippen molar-refractivity contribution >= 4 is 11.5 Å². The minimum atomic E-state index is -4.76. The van der Waals surface area contributed by atoms with Crippen LogP contribution in [-0.4, -0.2) is 32.3 Å². The van der Waals surface area contributed by atoms with Crippen LogP contribution < -0.4 is 4.74 Å². The van der Waals surface area contributed by atoms with E-state index in [9.17, 15) is 18.0 Å². The maximum Gasteiger partial charge on any atom is 0.573 e. The van der Waals surface area contributed by atoms with Crippen molar-refractivity contribution in [2.24, 2.45) is 0 Å². The molecule has 0 amide bonds. The fourth-order valence-corrected chi connectivity index (χ4v) is 2.35. The van der Waals surface area contributed by atoms with E-state index in [0.29, 0.717) is 16.7 Å². The zero-order chi connectivity index (χ0) is 17.5. The highest BCUT2D eigenvalue weighted by Crippen LogP contribution is 2.30. The van der Waals surface area contributed by atoms with Crippen LogP contribution in [0, 0.1) is 6.92 Å². The number of carbonyl (C=O) groups is 1. The summed E-state index contributed by atoms with van der Waals surface area (Å²) in [6.45, 7) is 1.62. The molecule has 0 aliphatic heterocycles. The average molecular weight is 337 g/mol.